The second kappa shape index (κ2) is 12.8. The zero-order valence-corrected chi connectivity index (χ0v) is 24.9. The molecule has 2 heterocycles. The maximum Gasteiger partial charge on any atom is 0.338 e. The number of rotatable bonds is 9. The van der Waals surface area contributed by atoms with E-state index in [1.54, 1.807) is 63.4 Å². The first-order chi connectivity index (χ1) is 20.9. The first kappa shape index (κ1) is 29.4. The van der Waals surface area contributed by atoms with Crippen LogP contribution >= 0.6 is 11.3 Å². The van der Waals surface area contributed by atoms with Gasteiger partial charge in [0.2, 0.25) is 0 Å². The van der Waals surface area contributed by atoms with Crippen molar-refractivity contribution < 1.29 is 23.7 Å². The number of ether oxygens (including phenoxy) is 4. The number of nitrogens with zero attached hydrogens (tertiary/aromatic N) is 3. The van der Waals surface area contributed by atoms with E-state index in [4.69, 9.17) is 18.9 Å². The van der Waals surface area contributed by atoms with E-state index in [1.165, 1.54) is 23.0 Å². The maximum absolute atomic E-state index is 13.9. The van der Waals surface area contributed by atoms with Gasteiger partial charge >= 0.3 is 5.97 Å². The molecule has 1 aliphatic rings. The molecule has 0 unspecified atom stereocenters. The van der Waals surface area contributed by atoms with Crippen LogP contribution in [0, 0.1) is 11.3 Å². The number of fused-ring (bicyclic) bond motifs is 1. The Kier molecular flexibility index (Phi) is 8.74. The average Bonchev–Trinajstić information content (AvgIpc) is 3.33. The summed E-state index contributed by atoms with van der Waals surface area (Å²) in [5, 5.41) is 9.36. The second-order valence-corrected chi connectivity index (χ2v) is 10.6. The van der Waals surface area contributed by atoms with Gasteiger partial charge in [0.05, 0.1) is 54.3 Å². The van der Waals surface area contributed by atoms with Gasteiger partial charge in [0.15, 0.2) is 16.3 Å². The molecule has 0 radical (unpaired) electrons. The van der Waals surface area contributed by atoms with Gasteiger partial charge in [-0.1, -0.05) is 47.7 Å². The van der Waals surface area contributed by atoms with Crippen molar-refractivity contribution in [3.8, 4) is 23.3 Å². The van der Waals surface area contributed by atoms with E-state index in [2.05, 4.69) is 11.1 Å². The fraction of sp³-hybridized carbons (Fsp3) is 0.212. The summed E-state index contributed by atoms with van der Waals surface area (Å²) in [6, 6.07) is 21.3. The Balaban J connectivity index is 1.55. The highest BCUT2D eigenvalue weighted by Crippen LogP contribution is 2.33. The van der Waals surface area contributed by atoms with Crippen molar-refractivity contribution in [2.45, 2.75) is 26.5 Å². The van der Waals surface area contributed by atoms with Gasteiger partial charge < -0.3 is 18.9 Å². The topological polar surface area (TPSA) is 112 Å². The van der Waals surface area contributed by atoms with Gasteiger partial charge in [-0.2, -0.15) is 5.26 Å². The Labute approximate surface area is 252 Å². The van der Waals surface area contributed by atoms with Crippen molar-refractivity contribution in [3.05, 3.63) is 120 Å². The monoisotopic (exact) mass is 595 g/mol. The number of carbonyl (C=O) groups is 1. The molecule has 10 heteroatoms. The highest BCUT2D eigenvalue weighted by molar-refractivity contribution is 7.07. The smallest absolute Gasteiger partial charge is 0.338 e. The van der Waals surface area contributed by atoms with Crippen LogP contribution in [0.3, 0.4) is 0 Å². The molecule has 3 aromatic carbocycles. The van der Waals surface area contributed by atoms with Crippen LogP contribution in [-0.2, 0) is 16.1 Å². The minimum atomic E-state index is -0.742. The minimum Gasteiger partial charge on any atom is -0.497 e. The van der Waals surface area contributed by atoms with Crippen molar-refractivity contribution in [1.82, 2.24) is 4.57 Å². The molecule has 0 aliphatic carbocycles. The van der Waals surface area contributed by atoms with Crippen molar-refractivity contribution >= 4 is 23.4 Å². The molecule has 4 aromatic rings. The van der Waals surface area contributed by atoms with E-state index in [9.17, 15) is 14.9 Å². The van der Waals surface area contributed by atoms with Gasteiger partial charge in [-0.15, -0.1) is 0 Å². The number of hydrogen-bond acceptors (Lipinski definition) is 9. The summed E-state index contributed by atoms with van der Waals surface area (Å²) < 4.78 is 24.3. The average molecular weight is 596 g/mol. The molecule has 0 fully saturated rings. The quantitative estimate of drug-likeness (QED) is 0.266. The number of benzene rings is 3. The largest absolute Gasteiger partial charge is 0.497 e. The third-order valence-corrected chi connectivity index (χ3v) is 7.92. The Bertz CT molecular complexity index is 1950. The Morgan fingerprint density at radius 3 is 2.63 bits per heavy atom. The van der Waals surface area contributed by atoms with Gasteiger partial charge in [-0.25, -0.2) is 9.79 Å². The van der Waals surface area contributed by atoms with Crippen molar-refractivity contribution in [3.63, 3.8) is 0 Å². The van der Waals surface area contributed by atoms with Crippen LogP contribution in [0.2, 0.25) is 0 Å². The lowest BCUT2D eigenvalue weighted by Crippen LogP contribution is -2.39. The van der Waals surface area contributed by atoms with Crippen molar-refractivity contribution in [2.24, 2.45) is 4.99 Å². The summed E-state index contributed by atoms with van der Waals surface area (Å²) in [4.78, 5) is 32.1. The standard InChI is InChI=1S/C33H29N3O6S/c1-5-41-32(38)29-20(2)35-33-36(30(29)22-11-8-12-25(17-22)39-3)31(37)28(43-33)16-21-13-14-26(27(15-21)40-4)42-19-24-10-7-6-9-23(24)18-34/h6-17,30H,5,19H2,1-4H3/b28-16+/t30-/m1/s1. The molecule has 1 aliphatic heterocycles. The lowest BCUT2D eigenvalue weighted by atomic mass is 9.95. The third kappa shape index (κ3) is 5.94. The van der Waals surface area contributed by atoms with Gasteiger partial charge in [-0.05, 0) is 61.4 Å². The third-order valence-electron chi connectivity index (χ3n) is 6.93. The predicted molar refractivity (Wildman–Crippen MR) is 162 cm³/mol. The van der Waals surface area contributed by atoms with Crippen LogP contribution in [0.15, 0.2) is 87.8 Å². The molecule has 5 rings (SSSR count). The fourth-order valence-electron chi connectivity index (χ4n) is 4.87. The van der Waals surface area contributed by atoms with Gasteiger partial charge in [0, 0.05) is 5.56 Å². The number of nitriles is 1. The number of hydrogen-bond donors (Lipinski definition) is 0. The fourth-order valence-corrected chi connectivity index (χ4v) is 5.92. The van der Waals surface area contributed by atoms with E-state index in [0.717, 1.165) is 5.56 Å². The van der Waals surface area contributed by atoms with E-state index < -0.39 is 12.0 Å². The van der Waals surface area contributed by atoms with E-state index in [0.29, 0.717) is 54.5 Å². The van der Waals surface area contributed by atoms with Crippen LogP contribution in [0.1, 0.15) is 42.1 Å². The second-order valence-electron chi connectivity index (χ2n) is 9.55. The summed E-state index contributed by atoms with van der Waals surface area (Å²) in [5.74, 6) is 1.05. The van der Waals surface area contributed by atoms with Crippen LogP contribution in [-0.4, -0.2) is 31.4 Å². The Hall–Kier alpha value is -5.14. The highest BCUT2D eigenvalue weighted by atomic mass is 32.1. The molecule has 0 spiro atoms. The molecule has 1 atom stereocenters. The Morgan fingerprint density at radius 1 is 1.07 bits per heavy atom. The molecule has 9 nitrogen and oxygen atoms in total. The van der Waals surface area contributed by atoms with Gasteiger partial charge in [-0.3, -0.25) is 9.36 Å². The lowest BCUT2D eigenvalue weighted by molar-refractivity contribution is -0.139. The molecule has 43 heavy (non-hydrogen) atoms. The summed E-state index contributed by atoms with van der Waals surface area (Å²) in [6.45, 7) is 3.87. The zero-order valence-electron chi connectivity index (χ0n) is 24.1. The van der Waals surface area contributed by atoms with Crippen LogP contribution in [0.4, 0.5) is 0 Å². The van der Waals surface area contributed by atoms with E-state index >= 15 is 0 Å². The molecule has 0 saturated heterocycles. The molecule has 0 N–H and O–H groups in total. The molecular weight excluding hydrogens is 566 g/mol. The predicted octanol–water partition coefficient (Wildman–Crippen LogP) is 4.27. The number of thiazole rings is 1. The molecule has 0 bridgehead atoms. The summed E-state index contributed by atoms with van der Waals surface area (Å²) in [5.41, 5.74) is 3.22. The molecule has 218 valence electrons. The number of esters is 1. The molecule has 1 aromatic heterocycles. The Morgan fingerprint density at radius 2 is 1.88 bits per heavy atom. The van der Waals surface area contributed by atoms with Crippen molar-refractivity contribution in [2.75, 3.05) is 20.8 Å². The summed E-state index contributed by atoms with van der Waals surface area (Å²) in [7, 11) is 3.10. The zero-order chi connectivity index (χ0) is 30.5. The van der Waals surface area contributed by atoms with Crippen LogP contribution in [0.5, 0.6) is 17.2 Å². The maximum atomic E-state index is 13.9. The van der Waals surface area contributed by atoms with E-state index in [-0.39, 0.29) is 18.8 Å². The summed E-state index contributed by atoms with van der Waals surface area (Å²) in [6.07, 6.45) is 1.76. The molecular formula is C33H29N3O6S. The normalized spacial score (nSPS) is 14.4. The SMILES string of the molecule is CCOC(=O)C1=C(C)N=c2s/c(=C/c3ccc(OCc4ccccc4C#N)c(OC)c3)c(=O)n2[C@@H]1c1cccc(OC)c1. The lowest BCUT2D eigenvalue weighted by Gasteiger charge is -2.25. The number of methoxy groups -OCH3 is 2. The van der Waals surface area contributed by atoms with Crippen LogP contribution < -0.4 is 29.1 Å². The van der Waals surface area contributed by atoms with E-state index in [1.807, 2.05) is 30.3 Å². The molecule has 0 amide bonds. The van der Waals surface area contributed by atoms with Gasteiger partial charge in [0.1, 0.15) is 12.4 Å². The van der Waals surface area contributed by atoms with Gasteiger partial charge in [0.25, 0.3) is 5.56 Å². The number of aromatic nitrogens is 1. The first-order valence-corrected chi connectivity index (χ1v) is 14.3. The number of carbonyl (C=O) groups excluding carboxylic acids is 1. The highest BCUT2D eigenvalue weighted by Gasteiger charge is 2.33. The summed E-state index contributed by atoms with van der Waals surface area (Å²) >= 11 is 1.23. The van der Waals surface area contributed by atoms with Crippen molar-refractivity contribution in [1.29, 1.82) is 5.26 Å². The number of allylic oxidation sites excluding steroid dienone is 1. The first-order valence-electron chi connectivity index (χ1n) is 13.5. The molecule has 0 saturated carbocycles. The minimum absolute atomic E-state index is 0.192. The van der Waals surface area contributed by atoms with Crippen LogP contribution in [0.25, 0.3) is 6.08 Å².